The van der Waals surface area contributed by atoms with Crippen LogP contribution in [0.2, 0.25) is 0 Å². The first kappa shape index (κ1) is 22.8. The Morgan fingerprint density at radius 2 is 1.86 bits per heavy atom. The van der Waals surface area contributed by atoms with Crippen LogP contribution in [0.3, 0.4) is 0 Å². The van der Waals surface area contributed by atoms with Gasteiger partial charge in [0, 0.05) is 25.2 Å². The van der Waals surface area contributed by atoms with Gasteiger partial charge in [0.15, 0.2) is 6.61 Å². The highest BCUT2D eigenvalue weighted by molar-refractivity contribution is 7.89. The zero-order valence-corrected chi connectivity index (χ0v) is 17.5. The third-order valence-electron chi connectivity index (χ3n) is 4.67. The quantitative estimate of drug-likeness (QED) is 0.605. The first-order chi connectivity index (χ1) is 13.7. The molecule has 0 bridgehead atoms. The molecule has 2 amide bonds. The number of esters is 1. The number of nitrogens with zero attached hydrogens (tertiary/aromatic N) is 1. The predicted octanol–water partition coefficient (Wildman–Crippen LogP) is 1.26. The molecule has 1 heterocycles. The molecule has 1 aliphatic rings. The van der Waals surface area contributed by atoms with Crippen molar-refractivity contribution >= 4 is 33.5 Å². The van der Waals surface area contributed by atoms with Crippen LogP contribution in [0.5, 0.6) is 0 Å². The van der Waals surface area contributed by atoms with Crippen LogP contribution in [0, 0.1) is 0 Å². The molecule has 9 nitrogen and oxygen atoms in total. The molecule has 160 valence electrons. The molecule has 1 atom stereocenters. The van der Waals surface area contributed by atoms with Crippen LogP contribution >= 0.6 is 0 Å². The first-order valence-corrected chi connectivity index (χ1v) is 11.0. The van der Waals surface area contributed by atoms with Gasteiger partial charge in [0.2, 0.25) is 15.9 Å². The summed E-state index contributed by atoms with van der Waals surface area (Å²) < 4.78 is 31.6. The molecule has 1 aliphatic heterocycles. The number of sulfonamides is 1. The van der Waals surface area contributed by atoms with Crippen molar-refractivity contribution in [3.05, 3.63) is 24.3 Å². The average molecular weight is 426 g/mol. The maximum Gasteiger partial charge on any atom is 0.321 e. The summed E-state index contributed by atoms with van der Waals surface area (Å²) >= 11 is 0. The summed E-state index contributed by atoms with van der Waals surface area (Å²) in [6.45, 7) is 3.02. The van der Waals surface area contributed by atoms with Gasteiger partial charge in [-0.1, -0.05) is 6.92 Å². The third kappa shape index (κ3) is 6.82. The van der Waals surface area contributed by atoms with E-state index in [0.29, 0.717) is 12.2 Å². The number of hydrogen-bond acceptors (Lipinski definition) is 6. The van der Waals surface area contributed by atoms with Gasteiger partial charge >= 0.3 is 5.97 Å². The number of likely N-dealkylation sites (tertiary alicyclic amines) is 1. The SMILES string of the molecule is CC[C@H]1CCCCN1C(=O)COC(=O)CNS(=O)(=O)c1ccc(NC(C)=O)cc1. The summed E-state index contributed by atoms with van der Waals surface area (Å²) in [5.41, 5.74) is 0.456. The number of ether oxygens (including phenoxy) is 1. The zero-order valence-electron chi connectivity index (χ0n) is 16.6. The molecular weight excluding hydrogens is 398 g/mol. The minimum absolute atomic E-state index is 0.0606. The Labute approximate surface area is 170 Å². The second kappa shape index (κ2) is 10.4. The summed E-state index contributed by atoms with van der Waals surface area (Å²) in [7, 11) is -3.93. The average Bonchev–Trinajstić information content (AvgIpc) is 2.70. The lowest BCUT2D eigenvalue weighted by Crippen LogP contribution is -2.45. The number of nitrogens with one attached hydrogen (secondary N) is 2. The van der Waals surface area contributed by atoms with Gasteiger partial charge in [-0.3, -0.25) is 14.4 Å². The maximum atomic E-state index is 12.3. The maximum absolute atomic E-state index is 12.3. The van der Waals surface area contributed by atoms with E-state index in [2.05, 4.69) is 10.0 Å². The van der Waals surface area contributed by atoms with Crippen molar-refractivity contribution in [2.24, 2.45) is 0 Å². The van der Waals surface area contributed by atoms with Gasteiger partial charge in [-0.05, 0) is 49.9 Å². The summed E-state index contributed by atoms with van der Waals surface area (Å²) in [5, 5.41) is 2.53. The Morgan fingerprint density at radius 1 is 1.17 bits per heavy atom. The van der Waals surface area contributed by atoms with Gasteiger partial charge in [0.1, 0.15) is 6.54 Å². The first-order valence-electron chi connectivity index (χ1n) is 9.55. The van der Waals surface area contributed by atoms with Crippen molar-refractivity contribution in [3.63, 3.8) is 0 Å². The highest BCUT2D eigenvalue weighted by atomic mass is 32.2. The number of rotatable bonds is 8. The fraction of sp³-hybridized carbons (Fsp3) is 0.526. The molecule has 0 saturated carbocycles. The van der Waals surface area contributed by atoms with Crippen molar-refractivity contribution in [1.82, 2.24) is 9.62 Å². The number of anilines is 1. The molecule has 1 aromatic carbocycles. The summed E-state index contributed by atoms with van der Waals surface area (Å²) in [4.78, 5) is 36.8. The van der Waals surface area contributed by atoms with Gasteiger partial charge in [0.25, 0.3) is 5.91 Å². The molecule has 1 fully saturated rings. The third-order valence-corrected chi connectivity index (χ3v) is 6.08. The lowest BCUT2D eigenvalue weighted by molar-refractivity contribution is -0.152. The predicted molar refractivity (Wildman–Crippen MR) is 107 cm³/mol. The Hall–Kier alpha value is -2.46. The topological polar surface area (TPSA) is 122 Å². The van der Waals surface area contributed by atoms with Crippen molar-refractivity contribution < 1.29 is 27.5 Å². The van der Waals surface area contributed by atoms with E-state index in [0.717, 1.165) is 25.7 Å². The molecule has 0 aromatic heterocycles. The second-order valence-electron chi connectivity index (χ2n) is 6.84. The van der Waals surface area contributed by atoms with Crippen LogP contribution in [-0.2, 0) is 29.1 Å². The lowest BCUT2D eigenvalue weighted by Gasteiger charge is -2.35. The molecule has 2 N–H and O–H groups in total. The van der Waals surface area contributed by atoms with Crippen molar-refractivity contribution in [3.8, 4) is 0 Å². The highest BCUT2D eigenvalue weighted by Crippen LogP contribution is 2.19. The fourth-order valence-electron chi connectivity index (χ4n) is 3.19. The smallest absolute Gasteiger partial charge is 0.321 e. The monoisotopic (exact) mass is 425 g/mol. The van der Waals surface area contributed by atoms with Gasteiger partial charge in [0.05, 0.1) is 4.90 Å². The minimum Gasteiger partial charge on any atom is -0.455 e. The molecule has 0 unspecified atom stereocenters. The van der Waals surface area contributed by atoms with Crippen LogP contribution in [0.1, 0.15) is 39.5 Å². The van der Waals surface area contributed by atoms with E-state index in [-0.39, 0.29) is 22.8 Å². The van der Waals surface area contributed by atoms with E-state index in [1.54, 1.807) is 4.90 Å². The van der Waals surface area contributed by atoms with E-state index in [1.807, 2.05) is 6.92 Å². The minimum atomic E-state index is -3.93. The molecule has 29 heavy (non-hydrogen) atoms. The summed E-state index contributed by atoms with van der Waals surface area (Å²) in [6, 6.07) is 5.66. The van der Waals surface area contributed by atoms with Gasteiger partial charge in [-0.2, -0.15) is 4.72 Å². The molecule has 0 aliphatic carbocycles. The lowest BCUT2D eigenvalue weighted by atomic mass is 10.00. The number of amides is 2. The van der Waals surface area contributed by atoms with Crippen LogP contribution in [0.4, 0.5) is 5.69 Å². The summed E-state index contributed by atoms with van der Waals surface area (Å²) in [6.07, 6.45) is 3.79. The van der Waals surface area contributed by atoms with Crippen LogP contribution < -0.4 is 10.0 Å². The van der Waals surface area contributed by atoms with Crippen molar-refractivity contribution in [2.75, 3.05) is 25.0 Å². The molecule has 2 rings (SSSR count). The largest absolute Gasteiger partial charge is 0.455 e. The number of benzene rings is 1. The second-order valence-corrected chi connectivity index (χ2v) is 8.60. The van der Waals surface area contributed by atoms with E-state index >= 15 is 0 Å². The molecule has 10 heteroatoms. The summed E-state index contributed by atoms with van der Waals surface area (Å²) in [5.74, 6) is -1.37. The Bertz CT molecular complexity index is 838. The highest BCUT2D eigenvalue weighted by Gasteiger charge is 2.26. The number of hydrogen-bond donors (Lipinski definition) is 2. The molecule has 1 aromatic rings. The fourth-order valence-corrected chi connectivity index (χ4v) is 4.16. The van der Waals surface area contributed by atoms with E-state index in [1.165, 1.54) is 31.2 Å². The van der Waals surface area contributed by atoms with Crippen LogP contribution in [0.15, 0.2) is 29.2 Å². The van der Waals surface area contributed by atoms with Crippen molar-refractivity contribution in [1.29, 1.82) is 0 Å². The van der Waals surface area contributed by atoms with Crippen LogP contribution in [-0.4, -0.2) is 56.8 Å². The van der Waals surface area contributed by atoms with E-state index in [4.69, 9.17) is 4.74 Å². The van der Waals surface area contributed by atoms with Crippen LogP contribution in [0.25, 0.3) is 0 Å². The zero-order chi connectivity index (χ0) is 21.4. The van der Waals surface area contributed by atoms with Gasteiger partial charge in [-0.25, -0.2) is 8.42 Å². The normalized spacial score (nSPS) is 16.9. The Balaban J connectivity index is 1.83. The van der Waals surface area contributed by atoms with Gasteiger partial charge in [-0.15, -0.1) is 0 Å². The molecule has 0 spiro atoms. The van der Waals surface area contributed by atoms with E-state index < -0.39 is 29.1 Å². The number of carbonyl (C=O) groups is 3. The Morgan fingerprint density at radius 3 is 2.48 bits per heavy atom. The van der Waals surface area contributed by atoms with Gasteiger partial charge < -0.3 is 15.0 Å². The van der Waals surface area contributed by atoms with Crippen molar-refractivity contribution in [2.45, 2.75) is 50.5 Å². The Kier molecular flexibility index (Phi) is 8.15. The number of piperidine rings is 1. The number of carbonyl (C=O) groups excluding carboxylic acids is 3. The molecule has 0 radical (unpaired) electrons. The molecule has 1 saturated heterocycles. The molecular formula is C19H27N3O6S. The van der Waals surface area contributed by atoms with E-state index in [9.17, 15) is 22.8 Å². The standard InChI is InChI=1S/C19H27N3O6S/c1-3-16-6-4-5-11-22(16)18(24)13-28-19(25)12-20-29(26,27)17-9-7-15(8-10-17)21-14(2)23/h7-10,16,20H,3-6,11-13H2,1-2H3,(H,21,23)/t16-/m0/s1.